The maximum Gasteiger partial charge on any atom is 0.119 e. The van der Waals surface area contributed by atoms with Crippen molar-refractivity contribution in [2.45, 2.75) is 18.4 Å². The summed E-state index contributed by atoms with van der Waals surface area (Å²) in [5, 5.41) is 0. The maximum absolute atomic E-state index is 5.33. The summed E-state index contributed by atoms with van der Waals surface area (Å²) >= 11 is 0. The first kappa shape index (κ1) is 19.0. The highest BCUT2D eigenvalue weighted by Gasteiger charge is 2.41. The second-order valence-corrected chi connectivity index (χ2v) is 8.17. The Morgan fingerprint density at radius 1 is 0.967 bits per heavy atom. The van der Waals surface area contributed by atoms with Crippen molar-refractivity contribution in [1.82, 2.24) is 4.90 Å². The molecule has 0 bridgehead atoms. The number of nitrogens with zero attached hydrogens (tertiary/aromatic N) is 2. The Morgan fingerprint density at radius 2 is 1.80 bits per heavy atom. The van der Waals surface area contributed by atoms with E-state index in [0.717, 1.165) is 25.4 Å². The summed E-state index contributed by atoms with van der Waals surface area (Å²) in [6.07, 6.45) is 5.67. The summed E-state index contributed by atoms with van der Waals surface area (Å²) in [6, 6.07) is 28.6. The molecule has 3 aromatic carbocycles. The van der Waals surface area contributed by atoms with Crippen molar-refractivity contribution in [2.24, 2.45) is 0 Å². The van der Waals surface area contributed by atoms with Gasteiger partial charge in [-0.2, -0.15) is 0 Å². The van der Waals surface area contributed by atoms with Gasteiger partial charge in [-0.1, -0.05) is 60.7 Å². The molecule has 2 aliphatic rings. The van der Waals surface area contributed by atoms with Crippen LogP contribution in [-0.2, 0) is 0 Å². The minimum atomic E-state index is 0.545. The molecule has 2 aliphatic heterocycles. The Hall–Kier alpha value is -3.04. The van der Waals surface area contributed by atoms with Crippen LogP contribution < -0.4 is 9.64 Å². The summed E-state index contributed by atoms with van der Waals surface area (Å²) < 4.78 is 5.33. The van der Waals surface area contributed by atoms with Crippen LogP contribution in [0.3, 0.4) is 0 Å². The topological polar surface area (TPSA) is 15.7 Å². The molecule has 152 valence electrons. The van der Waals surface area contributed by atoms with Crippen LogP contribution in [0.25, 0.3) is 6.08 Å². The Balaban J connectivity index is 1.32. The summed E-state index contributed by atoms with van der Waals surface area (Å²) in [6.45, 7) is 3.21. The number of methoxy groups -OCH3 is 1. The van der Waals surface area contributed by atoms with Crippen molar-refractivity contribution in [1.29, 1.82) is 0 Å². The third-order valence-electron chi connectivity index (χ3n) is 6.39. The van der Waals surface area contributed by atoms with Gasteiger partial charge in [-0.05, 0) is 47.9 Å². The first-order valence-electron chi connectivity index (χ1n) is 10.8. The molecule has 2 heterocycles. The van der Waals surface area contributed by atoms with Crippen LogP contribution in [0.5, 0.6) is 5.75 Å². The van der Waals surface area contributed by atoms with Crippen LogP contribution in [0.2, 0.25) is 0 Å². The fourth-order valence-electron chi connectivity index (χ4n) is 4.99. The van der Waals surface area contributed by atoms with Gasteiger partial charge in [0, 0.05) is 43.0 Å². The molecule has 5 rings (SSSR count). The summed E-state index contributed by atoms with van der Waals surface area (Å²) in [5.41, 5.74) is 5.37. The van der Waals surface area contributed by atoms with Crippen molar-refractivity contribution in [3.63, 3.8) is 0 Å². The molecular weight excluding hydrogens is 368 g/mol. The highest BCUT2D eigenvalue weighted by Crippen LogP contribution is 2.48. The van der Waals surface area contributed by atoms with Gasteiger partial charge >= 0.3 is 0 Å². The second-order valence-electron chi connectivity index (χ2n) is 8.17. The summed E-state index contributed by atoms with van der Waals surface area (Å²) in [7, 11) is 1.71. The van der Waals surface area contributed by atoms with Crippen molar-refractivity contribution in [3.8, 4) is 5.75 Å². The molecule has 3 aromatic rings. The van der Waals surface area contributed by atoms with Gasteiger partial charge in [-0.25, -0.2) is 0 Å². The Morgan fingerprint density at radius 3 is 2.67 bits per heavy atom. The van der Waals surface area contributed by atoms with Gasteiger partial charge in [-0.15, -0.1) is 0 Å². The van der Waals surface area contributed by atoms with Crippen LogP contribution in [-0.4, -0.2) is 37.7 Å². The van der Waals surface area contributed by atoms with Gasteiger partial charge in [0.1, 0.15) is 5.75 Å². The van der Waals surface area contributed by atoms with Gasteiger partial charge in [0.2, 0.25) is 0 Å². The molecule has 30 heavy (non-hydrogen) atoms. The number of ether oxygens (including phenoxy) is 1. The molecule has 0 amide bonds. The van der Waals surface area contributed by atoms with Crippen molar-refractivity contribution >= 4 is 17.5 Å². The van der Waals surface area contributed by atoms with Gasteiger partial charge in [0.25, 0.3) is 0 Å². The predicted molar refractivity (Wildman–Crippen MR) is 125 cm³/mol. The third kappa shape index (κ3) is 3.61. The normalized spacial score (nSPS) is 20.9. The lowest BCUT2D eigenvalue weighted by Gasteiger charge is -2.38. The second kappa shape index (κ2) is 8.37. The molecule has 0 radical (unpaired) electrons. The molecule has 2 atom stereocenters. The molecule has 0 N–H and O–H groups in total. The molecule has 3 nitrogen and oxygen atoms in total. The van der Waals surface area contributed by atoms with E-state index in [2.05, 4.69) is 88.7 Å². The predicted octanol–water partition coefficient (Wildman–Crippen LogP) is 5.72. The van der Waals surface area contributed by atoms with Crippen molar-refractivity contribution in [2.75, 3.05) is 31.6 Å². The van der Waals surface area contributed by atoms with E-state index in [9.17, 15) is 0 Å². The zero-order valence-corrected chi connectivity index (χ0v) is 17.4. The largest absolute Gasteiger partial charge is 0.497 e. The van der Waals surface area contributed by atoms with E-state index in [0.29, 0.717) is 12.0 Å². The maximum atomic E-state index is 5.33. The molecular formula is C27H28N2O. The van der Waals surface area contributed by atoms with Gasteiger partial charge < -0.3 is 9.64 Å². The molecule has 0 unspecified atom stereocenters. The van der Waals surface area contributed by atoms with Gasteiger partial charge in [0.05, 0.1) is 7.11 Å². The number of benzene rings is 3. The third-order valence-corrected chi connectivity index (χ3v) is 6.39. The van der Waals surface area contributed by atoms with Crippen molar-refractivity contribution in [3.05, 3.63) is 96.1 Å². The monoisotopic (exact) mass is 396 g/mol. The molecule has 0 aliphatic carbocycles. The Bertz CT molecular complexity index is 1030. The van der Waals surface area contributed by atoms with E-state index in [1.54, 1.807) is 7.11 Å². The number of hydrogen-bond donors (Lipinski definition) is 0. The minimum Gasteiger partial charge on any atom is -0.497 e. The van der Waals surface area contributed by atoms with Gasteiger partial charge in [-0.3, -0.25) is 4.90 Å². The molecule has 3 heteroatoms. The van der Waals surface area contributed by atoms with Crippen molar-refractivity contribution < 1.29 is 4.74 Å². The molecule has 0 saturated carbocycles. The zero-order valence-electron chi connectivity index (χ0n) is 17.4. The number of para-hydroxylation sites is 2. The van der Waals surface area contributed by atoms with Crippen LogP contribution in [0.15, 0.2) is 84.9 Å². The highest BCUT2D eigenvalue weighted by atomic mass is 16.5. The number of likely N-dealkylation sites (tertiary alicyclic amines) is 1. The number of piperidine rings is 1. The van der Waals surface area contributed by atoms with E-state index in [1.807, 2.05) is 12.1 Å². The van der Waals surface area contributed by atoms with E-state index < -0.39 is 0 Å². The SMILES string of the molecule is COc1cccc(C=CCN2CC[C@@H]3[C@@H](C2)c2ccccc2N3c2ccccc2)c1. The smallest absolute Gasteiger partial charge is 0.119 e. The number of anilines is 2. The number of rotatable bonds is 5. The quantitative estimate of drug-likeness (QED) is 0.549. The zero-order chi connectivity index (χ0) is 20.3. The summed E-state index contributed by atoms with van der Waals surface area (Å²) in [5.74, 6) is 1.46. The average molecular weight is 397 g/mol. The average Bonchev–Trinajstić information content (AvgIpc) is 3.14. The lowest BCUT2D eigenvalue weighted by atomic mass is 9.89. The standard InChI is InChI=1S/C27H28N2O/c1-30-23-13-7-9-21(19-23)10-8-17-28-18-16-27-25(20-28)24-14-5-6-15-26(24)29(27)22-11-3-2-4-12-22/h2-15,19,25,27H,16-18,20H2,1H3/t25-,27+/m0/s1. The lowest BCUT2D eigenvalue weighted by molar-refractivity contribution is 0.215. The van der Waals surface area contributed by atoms with E-state index in [-0.39, 0.29) is 0 Å². The first-order chi connectivity index (χ1) is 14.8. The van der Waals surface area contributed by atoms with Crippen LogP contribution in [0.1, 0.15) is 23.5 Å². The molecule has 0 spiro atoms. The van der Waals surface area contributed by atoms with E-state index >= 15 is 0 Å². The number of fused-ring (bicyclic) bond motifs is 3. The van der Waals surface area contributed by atoms with E-state index in [4.69, 9.17) is 4.74 Å². The molecule has 0 aromatic heterocycles. The van der Waals surface area contributed by atoms with Crippen LogP contribution in [0, 0.1) is 0 Å². The minimum absolute atomic E-state index is 0.545. The van der Waals surface area contributed by atoms with Gasteiger partial charge in [0.15, 0.2) is 0 Å². The first-order valence-corrected chi connectivity index (χ1v) is 10.8. The Labute approximate surface area is 179 Å². The van der Waals surface area contributed by atoms with Crippen LogP contribution >= 0.6 is 0 Å². The Kier molecular flexibility index (Phi) is 5.29. The fourth-order valence-corrected chi connectivity index (χ4v) is 4.99. The fraction of sp³-hybridized carbons (Fsp3) is 0.259. The highest BCUT2D eigenvalue weighted by molar-refractivity contribution is 5.73. The summed E-state index contributed by atoms with van der Waals surface area (Å²) in [4.78, 5) is 5.16. The molecule has 1 saturated heterocycles. The van der Waals surface area contributed by atoms with E-state index in [1.165, 1.54) is 28.9 Å². The number of hydrogen-bond acceptors (Lipinski definition) is 3. The lowest BCUT2D eigenvalue weighted by Crippen LogP contribution is -2.44. The molecule has 1 fully saturated rings. The van der Waals surface area contributed by atoms with Crippen LogP contribution in [0.4, 0.5) is 11.4 Å².